The van der Waals surface area contributed by atoms with Crippen molar-refractivity contribution in [3.8, 4) is 0 Å². The fourth-order valence-electron chi connectivity index (χ4n) is 2.83. The van der Waals surface area contributed by atoms with Gasteiger partial charge in [-0.05, 0) is 33.6 Å². The molecule has 1 aliphatic heterocycles. The molecule has 1 saturated heterocycles. The summed E-state index contributed by atoms with van der Waals surface area (Å²) in [7, 11) is 3.61. The number of aromatic nitrogens is 1. The Morgan fingerprint density at radius 1 is 1.35 bits per heavy atom. The molecule has 0 aromatic carbocycles. The largest absolute Gasteiger partial charge is 0.357 e. The van der Waals surface area contributed by atoms with Crippen LogP contribution in [0.1, 0.15) is 35.3 Å². The van der Waals surface area contributed by atoms with E-state index in [1.807, 2.05) is 6.92 Å². The predicted octanol–water partition coefficient (Wildman–Crippen LogP) is 1.37. The molecule has 0 bridgehead atoms. The zero-order valence-corrected chi connectivity index (χ0v) is 17.4. The number of thiazole rings is 1. The van der Waals surface area contributed by atoms with Crippen LogP contribution >= 0.6 is 11.3 Å². The second-order valence-corrected chi connectivity index (χ2v) is 8.22. The van der Waals surface area contributed by atoms with E-state index in [0.717, 1.165) is 49.1 Å². The van der Waals surface area contributed by atoms with Gasteiger partial charge in [-0.1, -0.05) is 0 Å². The minimum absolute atomic E-state index is 0.167. The van der Waals surface area contributed by atoms with E-state index in [9.17, 15) is 4.79 Å². The van der Waals surface area contributed by atoms with Gasteiger partial charge in [-0.2, -0.15) is 0 Å². The molecule has 0 aliphatic carbocycles. The van der Waals surface area contributed by atoms with Crippen LogP contribution in [0.25, 0.3) is 0 Å². The molecule has 2 rings (SSSR count). The SMILES string of the molecule is CCNC(=NCc1nc(C)c(C)s1)NC1CCN(CC(=O)N(C)C)CC1. The third kappa shape index (κ3) is 6.25. The van der Waals surface area contributed by atoms with Crippen LogP contribution in [0.2, 0.25) is 0 Å². The van der Waals surface area contributed by atoms with E-state index in [2.05, 4.69) is 34.4 Å². The highest BCUT2D eigenvalue weighted by Crippen LogP contribution is 2.17. The number of amides is 1. The summed E-state index contributed by atoms with van der Waals surface area (Å²) in [5, 5.41) is 7.91. The molecule has 26 heavy (non-hydrogen) atoms. The highest BCUT2D eigenvalue weighted by atomic mass is 32.1. The maximum Gasteiger partial charge on any atom is 0.236 e. The average Bonchev–Trinajstić information content (AvgIpc) is 2.92. The molecule has 0 atom stereocenters. The summed E-state index contributed by atoms with van der Waals surface area (Å²) in [6.07, 6.45) is 2.03. The molecule has 1 aromatic heterocycles. The van der Waals surface area contributed by atoms with Gasteiger partial charge in [0.25, 0.3) is 0 Å². The van der Waals surface area contributed by atoms with Crippen molar-refractivity contribution >= 4 is 23.2 Å². The summed E-state index contributed by atoms with van der Waals surface area (Å²) in [5.41, 5.74) is 1.10. The summed E-state index contributed by atoms with van der Waals surface area (Å²) >= 11 is 1.71. The Morgan fingerprint density at radius 2 is 2.04 bits per heavy atom. The van der Waals surface area contributed by atoms with Crippen molar-refractivity contribution in [3.05, 3.63) is 15.6 Å². The zero-order chi connectivity index (χ0) is 19.1. The molecule has 7 nitrogen and oxygen atoms in total. The molecular weight excluding hydrogens is 348 g/mol. The number of hydrogen-bond donors (Lipinski definition) is 2. The Bertz CT molecular complexity index is 600. The molecule has 1 amide bonds. The summed E-state index contributed by atoms with van der Waals surface area (Å²) in [4.78, 5) is 26.2. The van der Waals surface area contributed by atoms with E-state index in [0.29, 0.717) is 19.1 Å². The normalized spacial score (nSPS) is 16.6. The molecule has 0 unspecified atom stereocenters. The number of rotatable bonds is 6. The number of nitrogens with zero attached hydrogens (tertiary/aromatic N) is 4. The number of carbonyl (C=O) groups excluding carboxylic acids is 1. The van der Waals surface area contributed by atoms with Gasteiger partial charge in [0.1, 0.15) is 5.01 Å². The number of carbonyl (C=O) groups is 1. The number of guanidine groups is 1. The number of piperidine rings is 1. The van der Waals surface area contributed by atoms with Gasteiger partial charge < -0.3 is 15.5 Å². The van der Waals surface area contributed by atoms with Gasteiger partial charge in [0.2, 0.25) is 5.91 Å². The fraction of sp³-hybridized carbons (Fsp3) is 0.722. The molecule has 146 valence electrons. The van der Waals surface area contributed by atoms with E-state index in [4.69, 9.17) is 4.99 Å². The Kier molecular flexibility index (Phi) is 7.84. The van der Waals surface area contributed by atoms with Crippen molar-refractivity contribution in [2.24, 2.45) is 4.99 Å². The molecule has 8 heteroatoms. The maximum absolute atomic E-state index is 11.8. The topological polar surface area (TPSA) is 72.9 Å². The molecule has 1 aliphatic rings. The smallest absolute Gasteiger partial charge is 0.236 e. The van der Waals surface area contributed by atoms with Crippen LogP contribution in [0.5, 0.6) is 0 Å². The van der Waals surface area contributed by atoms with Crippen LogP contribution in [-0.2, 0) is 11.3 Å². The van der Waals surface area contributed by atoms with Crippen molar-refractivity contribution in [1.29, 1.82) is 0 Å². The first-order valence-electron chi connectivity index (χ1n) is 9.29. The van der Waals surface area contributed by atoms with E-state index >= 15 is 0 Å². The number of likely N-dealkylation sites (tertiary alicyclic amines) is 1. The average molecular weight is 381 g/mol. The van der Waals surface area contributed by atoms with Gasteiger partial charge in [-0.15, -0.1) is 11.3 Å². The quantitative estimate of drug-likeness (QED) is 0.576. The molecule has 0 spiro atoms. The van der Waals surface area contributed by atoms with Gasteiger partial charge in [-0.25, -0.2) is 9.98 Å². The van der Waals surface area contributed by atoms with Crippen LogP contribution in [-0.4, -0.2) is 73.0 Å². The van der Waals surface area contributed by atoms with Gasteiger partial charge in [0.05, 0.1) is 18.8 Å². The third-order valence-corrected chi connectivity index (χ3v) is 5.63. The lowest BCUT2D eigenvalue weighted by atomic mass is 10.1. The second kappa shape index (κ2) is 9.87. The first-order valence-corrected chi connectivity index (χ1v) is 10.1. The zero-order valence-electron chi connectivity index (χ0n) is 16.6. The Balaban J connectivity index is 1.84. The van der Waals surface area contributed by atoms with E-state index in [1.165, 1.54) is 4.88 Å². The van der Waals surface area contributed by atoms with E-state index in [-0.39, 0.29) is 5.91 Å². The Hall–Kier alpha value is -1.67. The minimum atomic E-state index is 0.167. The lowest BCUT2D eigenvalue weighted by molar-refractivity contribution is -0.130. The van der Waals surface area contributed by atoms with Gasteiger partial charge in [-0.3, -0.25) is 9.69 Å². The monoisotopic (exact) mass is 380 g/mol. The van der Waals surface area contributed by atoms with Crippen LogP contribution in [0.3, 0.4) is 0 Å². The van der Waals surface area contributed by atoms with Crippen molar-refractivity contribution in [3.63, 3.8) is 0 Å². The van der Waals surface area contributed by atoms with Gasteiger partial charge >= 0.3 is 0 Å². The van der Waals surface area contributed by atoms with Gasteiger partial charge in [0.15, 0.2) is 5.96 Å². The van der Waals surface area contributed by atoms with Crippen molar-refractivity contribution in [2.45, 2.75) is 46.2 Å². The second-order valence-electron chi connectivity index (χ2n) is 6.93. The summed E-state index contributed by atoms with van der Waals surface area (Å²) in [6.45, 7) is 10.0. The first-order chi connectivity index (χ1) is 12.4. The fourth-order valence-corrected chi connectivity index (χ4v) is 3.69. The lowest BCUT2D eigenvalue weighted by Crippen LogP contribution is -2.50. The van der Waals surface area contributed by atoms with Crippen LogP contribution in [0.4, 0.5) is 0 Å². The summed E-state index contributed by atoms with van der Waals surface area (Å²) in [6, 6.07) is 0.387. The van der Waals surface area contributed by atoms with Crippen LogP contribution in [0.15, 0.2) is 4.99 Å². The van der Waals surface area contributed by atoms with Crippen molar-refractivity contribution in [1.82, 2.24) is 25.4 Å². The Labute approximate surface area is 160 Å². The molecule has 0 radical (unpaired) electrons. The lowest BCUT2D eigenvalue weighted by Gasteiger charge is -2.33. The molecule has 0 saturated carbocycles. The molecular formula is C18H32N6OS. The first kappa shape index (κ1) is 20.6. The maximum atomic E-state index is 11.8. The summed E-state index contributed by atoms with van der Waals surface area (Å²) in [5.74, 6) is 1.01. The van der Waals surface area contributed by atoms with E-state index < -0.39 is 0 Å². The number of aliphatic imine (C=N–C) groups is 1. The number of hydrogen-bond acceptors (Lipinski definition) is 5. The highest BCUT2D eigenvalue weighted by molar-refractivity contribution is 7.11. The molecule has 1 aromatic rings. The minimum Gasteiger partial charge on any atom is -0.357 e. The van der Waals surface area contributed by atoms with Gasteiger partial charge in [0, 0.05) is 44.6 Å². The number of likely N-dealkylation sites (N-methyl/N-ethyl adjacent to an activating group) is 1. The standard InChI is InChI=1S/C18H32N6OS/c1-6-19-18(20-11-16-21-13(2)14(3)26-16)22-15-7-9-24(10-8-15)12-17(25)23(4)5/h15H,6-12H2,1-5H3,(H2,19,20,22). The number of nitrogens with one attached hydrogen (secondary N) is 2. The van der Waals surface area contributed by atoms with Crippen LogP contribution in [0, 0.1) is 13.8 Å². The molecule has 1 fully saturated rings. The van der Waals surface area contributed by atoms with E-state index in [1.54, 1.807) is 30.3 Å². The van der Waals surface area contributed by atoms with Crippen LogP contribution < -0.4 is 10.6 Å². The van der Waals surface area contributed by atoms with Crippen molar-refractivity contribution in [2.75, 3.05) is 40.3 Å². The molecule has 2 heterocycles. The molecule has 2 N–H and O–H groups in total. The van der Waals surface area contributed by atoms with Crippen molar-refractivity contribution < 1.29 is 4.79 Å². The summed E-state index contributed by atoms with van der Waals surface area (Å²) < 4.78 is 0. The number of aryl methyl sites for hydroxylation is 2. The predicted molar refractivity (Wildman–Crippen MR) is 108 cm³/mol. The Morgan fingerprint density at radius 3 is 2.58 bits per heavy atom. The highest BCUT2D eigenvalue weighted by Gasteiger charge is 2.22. The third-order valence-electron chi connectivity index (χ3n) is 4.58.